The third-order valence-electron chi connectivity index (χ3n) is 5.04. The Morgan fingerprint density at radius 1 is 1.09 bits per heavy atom. The molecule has 0 aliphatic heterocycles. The Morgan fingerprint density at radius 2 is 1.82 bits per heavy atom. The van der Waals surface area contributed by atoms with E-state index in [0.29, 0.717) is 16.7 Å². The molecule has 0 fully saturated rings. The number of fused-ring (bicyclic) bond motifs is 1. The lowest BCUT2D eigenvalue weighted by Gasteiger charge is -2.09. The van der Waals surface area contributed by atoms with Crippen molar-refractivity contribution in [3.8, 4) is 11.6 Å². The van der Waals surface area contributed by atoms with Gasteiger partial charge in [-0.2, -0.15) is 19.9 Å². The summed E-state index contributed by atoms with van der Waals surface area (Å²) in [5.74, 6) is -0.162. The molecule has 0 unspecified atom stereocenters. The van der Waals surface area contributed by atoms with Gasteiger partial charge in [0.1, 0.15) is 11.2 Å². The van der Waals surface area contributed by atoms with Gasteiger partial charge in [0.05, 0.1) is 22.5 Å². The number of rotatable bonds is 5. The molecule has 5 aromatic rings. The fourth-order valence-corrected chi connectivity index (χ4v) is 3.44. The summed E-state index contributed by atoms with van der Waals surface area (Å²) in [6, 6.07) is 16.0. The molecule has 0 saturated carbocycles. The minimum atomic E-state index is -0.543. The topological polar surface area (TPSA) is 154 Å². The van der Waals surface area contributed by atoms with E-state index in [1.165, 1.54) is 35.1 Å². The summed E-state index contributed by atoms with van der Waals surface area (Å²) < 4.78 is 2.85. The van der Waals surface area contributed by atoms with Crippen molar-refractivity contribution in [3.05, 3.63) is 98.6 Å². The number of carbonyl (C=O) groups excluding carboxylic acids is 1. The number of H-pyrrole nitrogens is 1. The standard InChI is InChI=1S/C22H16N8O4/c1-13-11-18(24-20(31)14-7-9-16(10-8-14)30(33)34)29(27-13)22-25-19-17(21(32)26-22)12-23-28(19)15-5-3-2-4-6-15/h2-12H,1H3,(H,24,31)(H,25,26,32). The Labute approximate surface area is 190 Å². The van der Waals surface area contributed by atoms with Crippen LogP contribution in [0.15, 0.2) is 71.7 Å². The van der Waals surface area contributed by atoms with Gasteiger partial charge in [-0.1, -0.05) is 18.2 Å². The highest BCUT2D eigenvalue weighted by molar-refractivity contribution is 6.04. The zero-order chi connectivity index (χ0) is 23.8. The van der Waals surface area contributed by atoms with Crippen LogP contribution in [0.1, 0.15) is 16.1 Å². The fraction of sp³-hybridized carbons (Fsp3) is 0.0455. The summed E-state index contributed by atoms with van der Waals surface area (Å²) in [5.41, 5.74) is 1.30. The molecule has 0 bridgehead atoms. The molecule has 0 atom stereocenters. The maximum atomic E-state index is 12.7. The van der Waals surface area contributed by atoms with E-state index < -0.39 is 16.4 Å². The van der Waals surface area contributed by atoms with E-state index >= 15 is 0 Å². The van der Waals surface area contributed by atoms with Crippen LogP contribution in [0.5, 0.6) is 0 Å². The molecule has 0 aliphatic carbocycles. The van der Waals surface area contributed by atoms with Crippen molar-refractivity contribution in [2.45, 2.75) is 6.92 Å². The summed E-state index contributed by atoms with van der Waals surface area (Å²) in [7, 11) is 0. The number of benzene rings is 2. The highest BCUT2D eigenvalue weighted by Crippen LogP contribution is 2.19. The molecule has 12 heteroatoms. The zero-order valence-electron chi connectivity index (χ0n) is 17.7. The Hall–Kier alpha value is -5.13. The number of hydrogen-bond donors (Lipinski definition) is 2. The SMILES string of the molecule is Cc1cc(NC(=O)c2ccc([N+](=O)[O-])cc2)n(-c2nc3c(cnn3-c3ccccc3)c(=O)[nH]2)n1. The molecule has 2 aromatic carbocycles. The average Bonchev–Trinajstić information content (AvgIpc) is 3.43. The second-order valence-corrected chi connectivity index (χ2v) is 7.36. The van der Waals surface area contributed by atoms with Crippen molar-refractivity contribution < 1.29 is 9.72 Å². The largest absolute Gasteiger partial charge is 0.306 e. The molecule has 12 nitrogen and oxygen atoms in total. The number of aryl methyl sites for hydroxylation is 1. The Kier molecular flexibility index (Phi) is 4.94. The fourth-order valence-electron chi connectivity index (χ4n) is 3.44. The number of aromatic amines is 1. The van der Waals surface area contributed by atoms with E-state index in [1.807, 2.05) is 30.3 Å². The van der Waals surface area contributed by atoms with Crippen LogP contribution in [0.25, 0.3) is 22.7 Å². The number of para-hydroxylation sites is 1. The number of nitro benzene ring substituents is 1. The van der Waals surface area contributed by atoms with E-state index in [-0.39, 0.29) is 23.0 Å². The number of amides is 1. The molecule has 5 rings (SSSR count). The molecule has 0 saturated heterocycles. The number of nitro groups is 1. The molecule has 3 aromatic heterocycles. The number of nitrogens with zero attached hydrogens (tertiary/aromatic N) is 6. The van der Waals surface area contributed by atoms with E-state index in [2.05, 4.69) is 25.5 Å². The van der Waals surface area contributed by atoms with Crippen LogP contribution >= 0.6 is 0 Å². The number of nitrogens with one attached hydrogen (secondary N) is 2. The molecule has 2 N–H and O–H groups in total. The lowest BCUT2D eigenvalue weighted by atomic mass is 10.2. The van der Waals surface area contributed by atoms with Crippen molar-refractivity contribution in [1.82, 2.24) is 29.5 Å². The van der Waals surface area contributed by atoms with Gasteiger partial charge in [-0.05, 0) is 31.2 Å². The Bertz CT molecular complexity index is 1600. The smallest absolute Gasteiger partial charge is 0.269 e. The van der Waals surface area contributed by atoms with Crippen LogP contribution in [0, 0.1) is 17.0 Å². The first-order valence-electron chi connectivity index (χ1n) is 10.1. The predicted molar refractivity (Wildman–Crippen MR) is 122 cm³/mol. The van der Waals surface area contributed by atoms with Gasteiger partial charge in [-0.25, -0.2) is 4.68 Å². The van der Waals surface area contributed by atoms with Gasteiger partial charge in [0.25, 0.3) is 17.2 Å². The van der Waals surface area contributed by atoms with Crippen LogP contribution in [0.2, 0.25) is 0 Å². The van der Waals surface area contributed by atoms with E-state index in [9.17, 15) is 19.7 Å². The van der Waals surface area contributed by atoms with Crippen LogP contribution in [-0.4, -0.2) is 40.4 Å². The normalized spacial score (nSPS) is 11.0. The quantitative estimate of drug-likeness (QED) is 0.304. The molecule has 34 heavy (non-hydrogen) atoms. The number of non-ortho nitro benzene ring substituents is 1. The highest BCUT2D eigenvalue weighted by Gasteiger charge is 2.18. The Balaban J connectivity index is 1.54. The molecule has 3 heterocycles. The minimum Gasteiger partial charge on any atom is -0.306 e. The van der Waals surface area contributed by atoms with Crippen molar-refractivity contribution in [3.63, 3.8) is 0 Å². The van der Waals surface area contributed by atoms with Gasteiger partial charge in [0.15, 0.2) is 5.65 Å². The van der Waals surface area contributed by atoms with Crippen LogP contribution in [0.4, 0.5) is 11.5 Å². The first-order valence-corrected chi connectivity index (χ1v) is 10.1. The van der Waals surface area contributed by atoms with Crippen molar-refractivity contribution in [2.75, 3.05) is 5.32 Å². The molecule has 0 radical (unpaired) electrons. The predicted octanol–water partition coefficient (Wildman–Crippen LogP) is 2.76. The van der Waals surface area contributed by atoms with E-state index in [0.717, 1.165) is 5.69 Å². The second kappa shape index (κ2) is 8.09. The van der Waals surface area contributed by atoms with Crippen LogP contribution < -0.4 is 10.9 Å². The first kappa shape index (κ1) is 20.8. The third-order valence-corrected chi connectivity index (χ3v) is 5.04. The molecular weight excluding hydrogens is 440 g/mol. The lowest BCUT2D eigenvalue weighted by molar-refractivity contribution is -0.384. The number of carbonyl (C=O) groups is 1. The van der Waals surface area contributed by atoms with Crippen LogP contribution in [0.3, 0.4) is 0 Å². The van der Waals surface area contributed by atoms with Gasteiger partial charge in [0, 0.05) is 23.8 Å². The molecule has 0 spiro atoms. The summed E-state index contributed by atoms with van der Waals surface area (Å²) in [5, 5.41) is 22.5. The molecular formula is C22H16N8O4. The summed E-state index contributed by atoms with van der Waals surface area (Å²) in [6.07, 6.45) is 1.43. The molecule has 0 aliphatic rings. The third kappa shape index (κ3) is 3.68. The zero-order valence-corrected chi connectivity index (χ0v) is 17.7. The van der Waals surface area contributed by atoms with E-state index in [1.54, 1.807) is 17.7 Å². The maximum absolute atomic E-state index is 12.7. The Morgan fingerprint density at radius 3 is 2.53 bits per heavy atom. The lowest BCUT2D eigenvalue weighted by Crippen LogP contribution is -2.19. The van der Waals surface area contributed by atoms with E-state index in [4.69, 9.17) is 0 Å². The van der Waals surface area contributed by atoms with Gasteiger partial charge in [-0.15, -0.1) is 0 Å². The van der Waals surface area contributed by atoms with Gasteiger partial charge < -0.3 is 5.32 Å². The monoisotopic (exact) mass is 456 g/mol. The van der Waals surface area contributed by atoms with Crippen LogP contribution in [-0.2, 0) is 0 Å². The van der Waals surface area contributed by atoms with Crippen molar-refractivity contribution in [1.29, 1.82) is 0 Å². The van der Waals surface area contributed by atoms with Crippen molar-refractivity contribution in [2.24, 2.45) is 0 Å². The number of aromatic nitrogens is 6. The summed E-state index contributed by atoms with van der Waals surface area (Å²) >= 11 is 0. The molecule has 1 amide bonds. The van der Waals surface area contributed by atoms with Crippen molar-refractivity contribution >= 4 is 28.4 Å². The first-order chi connectivity index (χ1) is 16.4. The average molecular weight is 456 g/mol. The van der Waals surface area contributed by atoms with Gasteiger partial charge >= 0.3 is 0 Å². The summed E-state index contributed by atoms with van der Waals surface area (Å²) in [4.78, 5) is 43.0. The minimum absolute atomic E-state index is 0.0854. The molecule has 168 valence electrons. The number of anilines is 1. The number of hydrogen-bond acceptors (Lipinski definition) is 7. The highest BCUT2D eigenvalue weighted by atomic mass is 16.6. The van der Waals surface area contributed by atoms with Gasteiger partial charge in [-0.3, -0.25) is 24.7 Å². The maximum Gasteiger partial charge on any atom is 0.269 e. The second-order valence-electron chi connectivity index (χ2n) is 7.36. The van der Waals surface area contributed by atoms with Gasteiger partial charge in [0.2, 0.25) is 5.95 Å². The summed E-state index contributed by atoms with van der Waals surface area (Å²) in [6.45, 7) is 1.73.